The third-order valence-electron chi connectivity index (χ3n) is 13.5. The molecular formula is C83H148B2N8Na2O27+. The predicted octanol–water partition coefficient (Wildman–Crippen LogP) is 4.41. The summed E-state index contributed by atoms with van der Waals surface area (Å²) in [6, 6.07) is -8.28. The molecule has 35 nitrogen and oxygen atoms in total. The number of hydrogen-bond donors (Lipinski definition) is 8. The fraction of sp³-hybridized carbons (Fsp3) is 0.723. The summed E-state index contributed by atoms with van der Waals surface area (Å²) in [5.74, 6) is -7.80. The molecule has 6 amide bonds. The van der Waals surface area contributed by atoms with Gasteiger partial charge in [0.05, 0.1) is 0 Å². The molecule has 0 aliphatic heterocycles. The van der Waals surface area contributed by atoms with Gasteiger partial charge in [0.1, 0.15) is 106 Å². The molecule has 39 heteroatoms. The van der Waals surface area contributed by atoms with Gasteiger partial charge in [-0.3, -0.25) is 19.2 Å². The van der Waals surface area contributed by atoms with Crippen molar-refractivity contribution in [3.63, 3.8) is 0 Å². The Hall–Kier alpha value is -7.22. The zero-order chi connectivity index (χ0) is 106. The second-order valence-corrected chi connectivity index (χ2v) is 35.8. The molecule has 1 aromatic rings. The molecule has 0 saturated heterocycles. The van der Waals surface area contributed by atoms with Gasteiger partial charge in [0.25, 0.3) is 0 Å². The van der Waals surface area contributed by atoms with Gasteiger partial charge in [-0.05, 0) is 276 Å². The monoisotopic (exact) mass is 1770 g/mol. The van der Waals surface area contributed by atoms with E-state index in [-0.39, 0.29) is 114 Å². The van der Waals surface area contributed by atoms with E-state index in [1.165, 1.54) is 29.0 Å². The van der Waals surface area contributed by atoms with Gasteiger partial charge >= 0.3 is 137 Å². The second kappa shape index (κ2) is 57.4. The van der Waals surface area contributed by atoms with E-state index >= 15 is 0 Å². The van der Waals surface area contributed by atoms with Crippen molar-refractivity contribution in [2.45, 2.75) is 389 Å². The fourth-order valence-corrected chi connectivity index (χ4v) is 8.80. The number of carboxylic acid groups (broad SMARTS) is 4. The quantitative estimate of drug-likeness (QED) is 0.00901. The Balaban J connectivity index is -0.000000316. The molecule has 0 aromatic carbocycles. The van der Waals surface area contributed by atoms with Crippen LogP contribution >= 0.6 is 0 Å². The van der Waals surface area contributed by atoms with Gasteiger partial charge in [-0.25, -0.2) is 53.1 Å². The molecule has 0 aliphatic carbocycles. The van der Waals surface area contributed by atoms with Crippen LogP contribution in [0.15, 0.2) is 37.6 Å². The number of nitrogens with two attached hydrogens (primary N) is 4. The zero-order valence-electron chi connectivity index (χ0n) is 89.4. The van der Waals surface area contributed by atoms with E-state index in [1.54, 1.807) is 187 Å². The first-order valence-electron chi connectivity index (χ1n) is 45.1. The van der Waals surface area contributed by atoms with Crippen LogP contribution < -0.4 is 86.6 Å². The maximum absolute atomic E-state index is 12.9. The van der Waals surface area contributed by atoms with Crippen molar-refractivity contribution in [3.05, 3.63) is 54.4 Å². The molecule has 3 radical (unpaired) electrons. The average Bonchev–Trinajstić information content (AvgIpc) is 0.780. The van der Waals surface area contributed by atoms with Crippen LogP contribution in [-0.2, 0) is 107 Å². The molecule has 0 fully saturated rings. The molecule has 122 heavy (non-hydrogen) atoms. The van der Waals surface area contributed by atoms with Crippen molar-refractivity contribution in [3.8, 4) is 0 Å². The summed E-state index contributed by atoms with van der Waals surface area (Å²) < 4.78 is 137. The van der Waals surface area contributed by atoms with Crippen LogP contribution in [0.25, 0.3) is 0 Å². The van der Waals surface area contributed by atoms with Crippen LogP contribution in [0.5, 0.6) is 0 Å². The first kappa shape index (κ1) is 104. The van der Waals surface area contributed by atoms with Crippen molar-refractivity contribution in [2.75, 3.05) is 0 Å². The van der Waals surface area contributed by atoms with Crippen LogP contribution in [0.4, 0.5) is 28.8 Å². The van der Waals surface area contributed by atoms with E-state index < -0.39 is 243 Å². The van der Waals surface area contributed by atoms with Gasteiger partial charge in [-0.15, -0.1) is 13.2 Å². The first-order valence-corrected chi connectivity index (χ1v) is 38.2. The number of ether oxygens (including phenoxy) is 9. The van der Waals surface area contributed by atoms with Crippen molar-refractivity contribution >= 4 is 101 Å². The minimum atomic E-state index is -3.00. The van der Waals surface area contributed by atoms with Gasteiger partial charge in [-0.2, -0.15) is 14.7 Å². The third-order valence-corrected chi connectivity index (χ3v) is 13.5. The van der Waals surface area contributed by atoms with Crippen LogP contribution in [0, 0.1) is 0 Å². The number of pyridine rings is 1. The number of aliphatic carboxylic acids is 4. The number of carboxylic acids is 4. The van der Waals surface area contributed by atoms with E-state index in [0.29, 0.717) is 27.5 Å². The van der Waals surface area contributed by atoms with Crippen molar-refractivity contribution in [2.24, 2.45) is 22.9 Å². The average molecular weight is 1770 g/mol. The van der Waals surface area contributed by atoms with E-state index in [1.807, 2.05) is 0 Å². The number of nitrogens with zero attached hydrogens (tertiary/aromatic N) is 4. The topological polar surface area (TPSA) is 521 Å². The van der Waals surface area contributed by atoms with Gasteiger partial charge in [-0.1, -0.05) is 20.4 Å². The van der Waals surface area contributed by atoms with E-state index in [0.717, 1.165) is 0 Å². The number of rotatable bonds is 34. The molecule has 12 N–H and O–H groups in total. The molecule has 1 heterocycles. The standard InChI is InChI=1S/C24H39N5O8.C20H35NO7.C20H35NO6.C19H33NO6.BH4.BH.2Na/c25-16(21(30)31)4-1-2-11-29-13-14(7-9-18(27)23(34)35)12-15(8-10-19(28)24(36)37)20(29)6-3-5-17(26)22(32)33;1-18(2,3)26-15(23)14(12-10-11-13-22)21(16(24)27-19(4,5)6)17(25)28-20(7,8)9;1-11-12-13-14(15(22)25-18(2,3)4)21(16(23)26-19(5,6)7)17(24)27-20(8,9)10;1-11-12-13(14(21)24-17(2,3)4)20(15(22)25-18(5,6)7)16(23)26-19(8,9)10;;;;/h12-13,16-19H,1-11,25-28H2,(H3-,30,31,32,33,34,35,36,37);13-14H,10-12H2,1-9H3;11,14H,1,12-13H2,2-10H3;11,13H,1,12H2,2-10H3;1H4;1H;;/q;;;;2*-1;2*+1/p+1/t16-,17-,18?,19-;2*14-;13-;;;;/m0000..../s1/i3D,6D,7D,8D;10D,11D;12D;;1D4;1D;;/t3?,6?,7?,8?,16-,17-,18?,19-;10?,11?,14-;12?,14-;;;;;. The number of aromatic nitrogens is 1. The number of imide groups is 3. The Labute approximate surface area is 787 Å². The molecule has 0 aliphatic rings. The van der Waals surface area contributed by atoms with Gasteiger partial charge in [0, 0.05) is 39.9 Å². The molecule has 0 spiro atoms. The Morgan fingerprint density at radius 2 is 0.713 bits per heavy atom. The second-order valence-electron chi connectivity index (χ2n) is 35.8. The number of amides is 6. The zero-order valence-corrected chi connectivity index (χ0v) is 81.4. The Bertz CT molecular complexity index is 3840. The number of esters is 3. The van der Waals surface area contributed by atoms with E-state index in [4.69, 9.17) is 92.1 Å². The minimum Gasteiger partial charge on any atom is -0.652 e. The summed E-state index contributed by atoms with van der Waals surface area (Å²) >= 11 is 0. The maximum atomic E-state index is 12.9. The SMILES string of the molecule is C=CC[C@@H](C(=O)OC(C)(C)C)N(C(=O)OC(C)(C)C)C(=O)OC(C)(C)C.[2H]C(C=C)C[C@@H](C(=O)OC(C)(C)C)N(C(=O)OC(C)(C)C)C(=O)OC(C)(C)C.[2H]C(C=O)C([2H])C[C@@H](C(=O)OC(C)(C)C)N(C(=O)OC(C)(C)C)C(=O)OC(C)(C)C.[2H]C(CC(N)C(=O)O)c1cc(C([2H])C[C@H](N)C(=O)O)c(C([2H])C([2H])C[C@H](N)C(=O)O)[n+](CCCC[C@H](N)C(=O)O)c1.[2H][B-].[2H][B-]([2H])([2H])[2H].[Na+].[Na+]. The number of aldehydes is 1. The molecule has 14 atom stereocenters. The Morgan fingerprint density at radius 1 is 0.426 bits per heavy atom. The molecule has 0 saturated carbocycles. The van der Waals surface area contributed by atoms with E-state index in [9.17, 15) is 77.3 Å². The Morgan fingerprint density at radius 3 is 1.01 bits per heavy atom. The van der Waals surface area contributed by atoms with Crippen molar-refractivity contribution in [1.29, 1.82) is 6.68 Å². The third kappa shape index (κ3) is 60.4. The predicted molar refractivity (Wildman–Crippen MR) is 457 cm³/mol. The first-order chi connectivity index (χ1) is 59.1. The summed E-state index contributed by atoms with van der Waals surface area (Å²) in [6.45, 7) is 51.4. The van der Waals surface area contributed by atoms with Gasteiger partial charge in [0.2, 0.25) is 0 Å². The largest absolute Gasteiger partial charge is 1.00 e. The number of carbonyl (C=O) groups is 14. The van der Waals surface area contributed by atoms with Crippen LogP contribution in [-0.4, -0.2) is 236 Å². The van der Waals surface area contributed by atoms with Crippen molar-refractivity contribution in [1.82, 2.24) is 14.7 Å². The number of allylic oxidation sites excluding steroid dienone is 1. The Kier molecular flexibility index (Phi) is 48.7. The summed E-state index contributed by atoms with van der Waals surface area (Å²) in [5, 5.41) is 36.6. The van der Waals surface area contributed by atoms with Crippen LogP contribution in [0.2, 0.25) is 0 Å². The molecule has 0 bridgehead atoms. The number of hydrogen-bond acceptors (Lipinski definition) is 27. The molecule has 689 valence electrons. The fourth-order valence-electron chi connectivity index (χ4n) is 8.80. The minimum absolute atomic E-state index is 0. The summed E-state index contributed by atoms with van der Waals surface area (Å²) in [6.07, 6.45) is -12.2. The van der Waals surface area contributed by atoms with Crippen molar-refractivity contribution < 1.29 is 203 Å². The van der Waals surface area contributed by atoms with Gasteiger partial charge < -0.3 is 100 Å². The number of carbonyl (C=O) groups excluding carboxylic acids is 10. The van der Waals surface area contributed by atoms with Crippen LogP contribution in [0.1, 0.15) is 297 Å². The molecule has 1 aromatic heterocycles. The summed E-state index contributed by atoms with van der Waals surface area (Å²) in [7, 11) is 0.750. The molecular weight excluding hydrogens is 1610 g/mol. The molecule has 8 unspecified atom stereocenters. The summed E-state index contributed by atoms with van der Waals surface area (Å²) in [5.41, 5.74) is 14.6. The summed E-state index contributed by atoms with van der Waals surface area (Å²) in [4.78, 5) is 172. The normalized spacial score (nSPS) is 16.5. The van der Waals surface area contributed by atoms with Crippen LogP contribution in [0.3, 0.4) is 0 Å². The smallest absolute Gasteiger partial charge is 0.652 e. The number of unbranched alkanes of at least 4 members (excludes halogenated alkanes) is 1. The van der Waals surface area contributed by atoms with Gasteiger partial charge in [0.15, 0.2) is 11.9 Å². The maximum Gasteiger partial charge on any atom is 1.00 e. The molecule has 1 rings (SSSR count). The number of aryl methyl sites for hydroxylation is 3. The van der Waals surface area contributed by atoms with E-state index in [2.05, 4.69) is 21.5 Å².